The molecule has 0 saturated carbocycles. The van der Waals surface area contributed by atoms with Gasteiger partial charge in [-0.25, -0.2) is 0 Å². The Kier molecular flexibility index (Phi) is 5.63. The lowest BCUT2D eigenvalue weighted by Gasteiger charge is -2.39. The van der Waals surface area contributed by atoms with Crippen LogP contribution in [0.4, 0.5) is 5.69 Å². The van der Waals surface area contributed by atoms with E-state index in [0.717, 1.165) is 57.5 Å². The Balaban J connectivity index is 1.36. The van der Waals surface area contributed by atoms with Crippen LogP contribution < -0.4 is 4.90 Å². The lowest BCUT2D eigenvalue weighted by molar-refractivity contribution is -0.0390. The number of hydrogen-bond donors (Lipinski definition) is 0. The van der Waals surface area contributed by atoms with Gasteiger partial charge in [0, 0.05) is 32.9 Å². The lowest BCUT2D eigenvalue weighted by Crippen LogP contribution is -2.47. The van der Waals surface area contributed by atoms with Crippen LogP contribution in [0.1, 0.15) is 48.8 Å². The molecule has 0 N–H and O–H groups in total. The van der Waals surface area contributed by atoms with Gasteiger partial charge in [-0.2, -0.15) is 5.10 Å². The molecule has 2 saturated heterocycles. The molecule has 1 amide bonds. The van der Waals surface area contributed by atoms with Crippen molar-refractivity contribution >= 4 is 11.6 Å². The zero-order valence-corrected chi connectivity index (χ0v) is 17.8. The minimum absolute atomic E-state index is 0.0909. The van der Waals surface area contributed by atoms with Crippen molar-refractivity contribution in [3.8, 4) is 0 Å². The summed E-state index contributed by atoms with van der Waals surface area (Å²) in [6.07, 6.45) is 4.77. The van der Waals surface area contributed by atoms with E-state index in [1.165, 1.54) is 5.69 Å². The van der Waals surface area contributed by atoms with Crippen LogP contribution in [-0.4, -0.2) is 59.0 Å². The number of ether oxygens (including phenoxy) is 1. The van der Waals surface area contributed by atoms with Gasteiger partial charge < -0.3 is 14.5 Å². The summed E-state index contributed by atoms with van der Waals surface area (Å²) in [4.78, 5) is 17.3. The van der Waals surface area contributed by atoms with Gasteiger partial charge >= 0.3 is 0 Å². The van der Waals surface area contributed by atoms with Crippen LogP contribution in [-0.2, 0) is 18.2 Å². The van der Waals surface area contributed by atoms with E-state index in [4.69, 9.17) is 4.74 Å². The van der Waals surface area contributed by atoms with E-state index in [1.807, 2.05) is 24.1 Å². The zero-order chi connectivity index (χ0) is 20.4. The van der Waals surface area contributed by atoms with Gasteiger partial charge in [-0.1, -0.05) is 31.5 Å². The molecule has 0 aliphatic carbocycles. The smallest absolute Gasteiger partial charge is 0.272 e. The van der Waals surface area contributed by atoms with Crippen LogP contribution in [0.15, 0.2) is 36.4 Å². The van der Waals surface area contributed by atoms with Gasteiger partial charge in [0.25, 0.3) is 5.91 Å². The third-order valence-electron chi connectivity index (χ3n) is 6.52. The molecule has 2 aliphatic rings. The second kappa shape index (κ2) is 8.19. The summed E-state index contributed by atoms with van der Waals surface area (Å²) in [7, 11) is 4.01. The van der Waals surface area contributed by atoms with E-state index in [0.29, 0.717) is 11.7 Å². The Hall–Kier alpha value is -2.34. The van der Waals surface area contributed by atoms with Gasteiger partial charge in [0.1, 0.15) is 5.69 Å². The number of benzene rings is 1. The van der Waals surface area contributed by atoms with Gasteiger partial charge in [-0.3, -0.25) is 9.48 Å². The molecule has 156 valence electrons. The molecule has 0 radical (unpaired) electrons. The summed E-state index contributed by atoms with van der Waals surface area (Å²) >= 11 is 0. The first-order valence-electron chi connectivity index (χ1n) is 10.8. The molecule has 3 heterocycles. The maximum absolute atomic E-state index is 13.0. The normalized spacial score (nSPS) is 20.9. The fraction of sp³-hybridized carbons (Fsp3) is 0.565. The SMILES string of the molecule is CCCc1cc(C(=O)N2CCC3(CC2)C[C@@H](N(C)c2ccccc2)CO3)n(C)n1. The highest BCUT2D eigenvalue weighted by molar-refractivity contribution is 5.92. The molecule has 29 heavy (non-hydrogen) atoms. The number of likely N-dealkylation sites (tertiary alicyclic amines) is 1. The number of rotatable bonds is 5. The highest BCUT2D eigenvalue weighted by Crippen LogP contribution is 2.38. The summed E-state index contributed by atoms with van der Waals surface area (Å²) in [5.41, 5.74) is 2.82. The quantitative estimate of drug-likeness (QED) is 0.778. The number of nitrogens with zero attached hydrogens (tertiary/aromatic N) is 4. The number of carbonyl (C=O) groups is 1. The Morgan fingerprint density at radius 2 is 2.00 bits per heavy atom. The first-order valence-corrected chi connectivity index (χ1v) is 10.8. The Morgan fingerprint density at radius 1 is 1.28 bits per heavy atom. The third kappa shape index (κ3) is 4.04. The summed E-state index contributed by atoms with van der Waals surface area (Å²) in [6, 6.07) is 12.8. The van der Waals surface area contributed by atoms with Crippen molar-refractivity contribution in [2.45, 2.75) is 50.7 Å². The zero-order valence-electron chi connectivity index (χ0n) is 17.8. The van der Waals surface area contributed by atoms with E-state index < -0.39 is 0 Å². The summed E-state index contributed by atoms with van der Waals surface area (Å²) in [5.74, 6) is 0.0909. The van der Waals surface area contributed by atoms with E-state index in [1.54, 1.807) is 4.68 Å². The number of para-hydroxylation sites is 1. The van der Waals surface area contributed by atoms with Crippen LogP contribution in [0.25, 0.3) is 0 Å². The molecule has 1 spiro atoms. The van der Waals surface area contributed by atoms with E-state index in [9.17, 15) is 4.79 Å². The van der Waals surface area contributed by atoms with Crippen molar-refractivity contribution in [1.82, 2.24) is 14.7 Å². The Labute approximate surface area is 173 Å². The van der Waals surface area contributed by atoms with Crippen molar-refractivity contribution in [3.63, 3.8) is 0 Å². The largest absolute Gasteiger partial charge is 0.373 e. The molecule has 1 atom stereocenters. The molecule has 0 unspecified atom stereocenters. The predicted molar refractivity (Wildman–Crippen MR) is 114 cm³/mol. The van der Waals surface area contributed by atoms with E-state index >= 15 is 0 Å². The minimum atomic E-state index is -0.0929. The number of carbonyl (C=O) groups excluding carboxylic acids is 1. The molecular formula is C23H32N4O2. The monoisotopic (exact) mass is 396 g/mol. The summed E-state index contributed by atoms with van der Waals surface area (Å²) in [6.45, 7) is 4.37. The molecule has 0 bridgehead atoms. The number of likely N-dealkylation sites (N-methyl/N-ethyl adjacent to an activating group) is 1. The lowest BCUT2D eigenvalue weighted by atomic mass is 9.87. The molecule has 6 nitrogen and oxygen atoms in total. The predicted octanol–water partition coefficient (Wildman–Crippen LogP) is 3.27. The molecule has 1 aromatic carbocycles. The highest BCUT2D eigenvalue weighted by atomic mass is 16.5. The Morgan fingerprint density at radius 3 is 2.69 bits per heavy atom. The maximum atomic E-state index is 13.0. The van der Waals surface area contributed by atoms with Crippen LogP contribution >= 0.6 is 0 Å². The number of piperidine rings is 1. The summed E-state index contributed by atoms with van der Waals surface area (Å²) < 4.78 is 8.06. The van der Waals surface area contributed by atoms with Crippen LogP contribution in [0.2, 0.25) is 0 Å². The second-order valence-corrected chi connectivity index (χ2v) is 8.49. The third-order valence-corrected chi connectivity index (χ3v) is 6.52. The fourth-order valence-electron chi connectivity index (χ4n) is 4.68. The number of aryl methyl sites for hydroxylation is 2. The maximum Gasteiger partial charge on any atom is 0.272 e. The molecule has 2 aromatic rings. The topological polar surface area (TPSA) is 50.6 Å². The average Bonchev–Trinajstić information content (AvgIpc) is 3.32. The van der Waals surface area contributed by atoms with Gasteiger partial charge in [-0.15, -0.1) is 0 Å². The van der Waals surface area contributed by atoms with Gasteiger partial charge in [0.2, 0.25) is 0 Å². The number of aromatic nitrogens is 2. The molecule has 2 fully saturated rings. The standard InChI is InChI=1S/C23H32N4O2/c1-4-8-18-15-21(26(3)24-18)22(28)27-13-11-23(12-14-27)16-20(17-29-23)25(2)19-9-6-5-7-10-19/h5-7,9-10,15,20H,4,8,11-14,16-17H2,1-3H3/t20-/m1/s1. The van der Waals surface area contributed by atoms with Crippen molar-refractivity contribution < 1.29 is 9.53 Å². The van der Waals surface area contributed by atoms with Gasteiger partial charge in [0.05, 0.1) is 23.9 Å². The second-order valence-electron chi connectivity index (χ2n) is 8.49. The number of hydrogen-bond acceptors (Lipinski definition) is 4. The minimum Gasteiger partial charge on any atom is -0.373 e. The van der Waals surface area contributed by atoms with Crippen molar-refractivity contribution in [1.29, 1.82) is 0 Å². The first kappa shape index (κ1) is 20.0. The fourth-order valence-corrected chi connectivity index (χ4v) is 4.68. The van der Waals surface area contributed by atoms with Gasteiger partial charge in [-0.05, 0) is 43.9 Å². The highest BCUT2D eigenvalue weighted by Gasteiger charge is 2.44. The van der Waals surface area contributed by atoms with Crippen molar-refractivity contribution in [2.24, 2.45) is 7.05 Å². The number of amides is 1. The van der Waals surface area contributed by atoms with Crippen LogP contribution in [0.3, 0.4) is 0 Å². The van der Waals surface area contributed by atoms with Gasteiger partial charge in [0.15, 0.2) is 0 Å². The van der Waals surface area contributed by atoms with E-state index in [-0.39, 0.29) is 11.5 Å². The molecule has 1 aromatic heterocycles. The molecular weight excluding hydrogens is 364 g/mol. The van der Waals surface area contributed by atoms with Crippen LogP contribution in [0, 0.1) is 0 Å². The van der Waals surface area contributed by atoms with Crippen molar-refractivity contribution in [3.05, 3.63) is 47.8 Å². The molecule has 2 aliphatic heterocycles. The molecule has 4 rings (SSSR count). The van der Waals surface area contributed by atoms with E-state index in [2.05, 4.69) is 48.2 Å². The van der Waals surface area contributed by atoms with Crippen molar-refractivity contribution in [2.75, 3.05) is 31.6 Å². The van der Waals surface area contributed by atoms with Crippen LogP contribution in [0.5, 0.6) is 0 Å². The molecule has 6 heteroatoms. The number of anilines is 1. The summed E-state index contributed by atoms with van der Waals surface area (Å²) in [5, 5.41) is 4.48. The first-order chi connectivity index (χ1) is 14.0. The Bertz CT molecular complexity index is 840. The average molecular weight is 397 g/mol.